The summed E-state index contributed by atoms with van der Waals surface area (Å²) in [4.78, 5) is 11.1. The summed E-state index contributed by atoms with van der Waals surface area (Å²) in [5.74, 6) is -0.998. The van der Waals surface area contributed by atoms with Crippen molar-refractivity contribution in [2.45, 2.75) is 16.7 Å². The maximum atomic E-state index is 12.4. The Hall–Kier alpha value is -1.00. The van der Waals surface area contributed by atoms with Crippen LogP contribution < -0.4 is 0 Å². The third-order valence-corrected chi connectivity index (χ3v) is 6.28. The number of morpholine rings is 1. The Balaban J connectivity index is 2.17. The fraction of sp³-hybridized carbons (Fsp3) is 0.545. The van der Waals surface area contributed by atoms with E-state index in [1.165, 1.54) is 16.4 Å². The summed E-state index contributed by atoms with van der Waals surface area (Å²) in [6.07, 6.45) is -0.709. The first-order valence-corrected chi connectivity index (χ1v) is 8.22. The Kier molecular flexibility index (Phi) is 4.76. The summed E-state index contributed by atoms with van der Waals surface area (Å²) in [5, 5.41) is 17.7. The van der Waals surface area contributed by atoms with Crippen molar-refractivity contribution in [1.82, 2.24) is 4.31 Å². The lowest BCUT2D eigenvalue weighted by molar-refractivity contribution is -0.136. The van der Waals surface area contributed by atoms with Crippen molar-refractivity contribution in [3.63, 3.8) is 0 Å². The second kappa shape index (κ2) is 6.19. The molecule has 0 radical (unpaired) electrons. The molecule has 1 atom stereocenters. The number of ether oxygens (including phenoxy) is 1. The van der Waals surface area contributed by atoms with Gasteiger partial charge in [0.2, 0.25) is 0 Å². The molecule has 7 nitrogen and oxygen atoms in total. The van der Waals surface area contributed by atoms with E-state index in [4.69, 9.17) is 14.9 Å². The van der Waals surface area contributed by atoms with E-state index in [9.17, 15) is 13.2 Å². The third kappa shape index (κ3) is 3.36. The van der Waals surface area contributed by atoms with Gasteiger partial charge >= 0.3 is 5.97 Å². The highest BCUT2D eigenvalue weighted by atomic mass is 32.2. The number of thiophene rings is 1. The molecule has 1 saturated heterocycles. The van der Waals surface area contributed by atoms with Crippen LogP contribution in [0.1, 0.15) is 4.88 Å². The summed E-state index contributed by atoms with van der Waals surface area (Å²) in [6.45, 7) is 0.328. The Morgan fingerprint density at radius 1 is 1.50 bits per heavy atom. The Bertz CT molecular complexity index is 581. The first kappa shape index (κ1) is 15.4. The van der Waals surface area contributed by atoms with Gasteiger partial charge in [-0.3, -0.25) is 4.79 Å². The zero-order chi connectivity index (χ0) is 14.8. The number of aliphatic carboxylic acids is 1. The van der Waals surface area contributed by atoms with Gasteiger partial charge in [0.15, 0.2) is 0 Å². The molecule has 0 bridgehead atoms. The second-order valence-corrected chi connectivity index (χ2v) is 7.66. The summed E-state index contributed by atoms with van der Waals surface area (Å²) in [7, 11) is -3.65. The molecule has 2 rings (SSSR count). The van der Waals surface area contributed by atoms with Gasteiger partial charge in [0, 0.05) is 18.0 Å². The normalized spacial score (nSPS) is 20.9. The number of rotatable bonds is 5. The van der Waals surface area contributed by atoms with Crippen molar-refractivity contribution < 1.29 is 28.2 Å². The van der Waals surface area contributed by atoms with E-state index in [0.29, 0.717) is 4.88 Å². The van der Waals surface area contributed by atoms with Crippen LogP contribution in [-0.2, 0) is 26.0 Å². The van der Waals surface area contributed by atoms with Gasteiger partial charge in [-0.25, -0.2) is 8.42 Å². The summed E-state index contributed by atoms with van der Waals surface area (Å²) < 4.78 is 31.4. The topological polar surface area (TPSA) is 104 Å². The number of aliphatic hydroxyl groups excluding tert-OH is 1. The Labute approximate surface area is 120 Å². The quantitative estimate of drug-likeness (QED) is 0.775. The predicted octanol–water partition coefficient (Wildman–Crippen LogP) is -0.243. The highest BCUT2D eigenvalue weighted by molar-refractivity contribution is 7.91. The van der Waals surface area contributed by atoms with Crippen LogP contribution in [0, 0.1) is 0 Å². The summed E-state index contributed by atoms with van der Waals surface area (Å²) in [5.41, 5.74) is 0. The molecular weight excluding hydrogens is 306 g/mol. The van der Waals surface area contributed by atoms with Gasteiger partial charge < -0.3 is 14.9 Å². The fourth-order valence-corrected chi connectivity index (χ4v) is 4.85. The van der Waals surface area contributed by atoms with Crippen LogP contribution in [0.5, 0.6) is 0 Å². The van der Waals surface area contributed by atoms with Gasteiger partial charge in [-0.1, -0.05) is 0 Å². The zero-order valence-corrected chi connectivity index (χ0v) is 12.2. The molecule has 112 valence electrons. The Morgan fingerprint density at radius 3 is 2.90 bits per heavy atom. The first-order chi connectivity index (χ1) is 9.43. The number of carbonyl (C=O) groups is 1. The van der Waals surface area contributed by atoms with Crippen LogP contribution in [0.3, 0.4) is 0 Å². The van der Waals surface area contributed by atoms with Crippen molar-refractivity contribution in [2.75, 3.05) is 26.3 Å². The molecule has 1 aliphatic rings. The number of carboxylic acids is 1. The van der Waals surface area contributed by atoms with Crippen LogP contribution in [0.4, 0.5) is 0 Å². The summed E-state index contributed by atoms with van der Waals surface area (Å²) >= 11 is 0.957. The average Bonchev–Trinajstić information content (AvgIpc) is 2.87. The van der Waals surface area contributed by atoms with E-state index < -0.39 is 22.1 Å². The smallest absolute Gasteiger partial charge is 0.308 e. The molecular formula is C11H15NO6S2. The van der Waals surface area contributed by atoms with Crippen LogP contribution in [-0.4, -0.2) is 61.3 Å². The number of sulfonamides is 1. The number of aliphatic hydroxyl groups is 1. The number of hydrogen-bond donors (Lipinski definition) is 2. The Morgan fingerprint density at radius 2 is 2.25 bits per heavy atom. The van der Waals surface area contributed by atoms with Crippen molar-refractivity contribution in [1.29, 1.82) is 0 Å². The highest BCUT2D eigenvalue weighted by Crippen LogP contribution is 2.26. The van der Waals surface area contributed by atoms with Crippen LogP contribution in [0.15, 0.2) is 16.3 Å². The standard InChI is InChI=1S/C11H15NO6S2/c13-7-8-6-12(3-4-18-8)20(16,17)11-2-1-9(19-11)5-10(14)15/h1-2,8,13H,3-7H2,(H,14,15). The number of carboxylic acid groups (broad SMARTS) is 1. The second-order valence-electron chi connectivity index (χ2n) is 4.33. The minimum atomic E-state index is -3.65. The van der Waals surface area contributed by atoms with Gasteiger partial charge in [0.05, 0.1) is 25.7 Å². The van der Waals surface area contributed by atoms with E-state index in [0.717, 1.165) is 11.3 Å². The van der Waals surface area contributed by atoms with Gasteiger partial charge in [0.1, 0.15) is 4.21 Å². The van der Waals surface area contributed by atoms with Gasteiger partial charge in [-0.2, -0.15) is 4.31 Å². The van der Waals surface area contributed by atoms with Crippen LogP contribution in [0.2, 0.25) is 0 Å². The van der Waals surface area contributed by atoms with E-state index in [2.05, 4.69) is 0 Å². The maximum Gasteiger partial charge on any atom is 0.308 e. The van der Waals surface area contributed by atoms with Crippen molar-refractivity contribution in [3.05, 3.63) is 17.0 Å². The van der Waals surface area contributed by atoms with Crippen LogP contribution in [0.25, 0.3) is 0 Å². The molecule has 0 spiro atoms. The van der Waals surface area contributed by atoms with E-state index in [1.807, 2.05) is 0 Å². The first-order valence-electron chi connectivity index (χ1n) is 5.96. The average molecular weight is 321 g/mol. The molecule has 2 N–H and O–H groups in total. The van der Waals surface area contributed by atoms with E-state index >= 15 is 0 Å². The minimum Gasteiger partial charge on any atom is -0.481 e. The monoisotopic (exact) mass is 321 g/mol. The third-order valence-electron chi connectivity index (χ3n) is 2.86. The maximum absolute atomic E-state index is 12.4. The van der Waals surface area contributed by atoms with E-state index in [1.54, 1.807) is 0 Å². The van der Waals surface area contributed by atoms with Crippen molar-refractivity contribution in [3.8, 4) is 0 Å². The molecule has 0 aromatic carbocycles. The summed E-state index contributed by atoms with van der Waals surface area (Å²) in [6, 6.07) is 2.93. The lowest BCUT2D eigenvalue weighted by Gasteiger charge is -2.30. The molecule has 0 amide bonds. The molecule has 1 aromatic rings. The minimum absolute atomic E-state index is 0.102. The number of hydrogen-bond acceptors (Lipinski definition) is 6. The molecule has 2 heterocycles. The van der Waals surface area contributed by atoms with Gasteiger partial charge in [-0.05, 0) is 12.1 Å². The molecule has 20 heavy (non-hydrogen) atoms. The molecule has 9 heteroatoms. The lowest BCUT2D eigenvalue weighted by atomic mass is 10.3. The van der Waals surface area contributed by atoms with E-state index in [-0.39, 0.29) is 36.9 Å². The molecule has 0 aliphatic carbocycles. The van der Waals surface area contributed by atoms with Crippen LogP contribution >= 0.6 is 11.3 Å². The highest BCUT2D eigenvalue weighted by Gasteiger charge is 2.31. The largest absolute Gasteiger partial charge is 0.481 e. The molecule has 1 unspecified atom stereocenters. The number of nitrogens with zero attached hydrogens (tertiary/aromatic N) is 1. The SMILES string of the molecule is O=C(O)Cc1ccc(S(=O)(=O)N2CCOC(CO)C2)s1. The molecule has 0 saturated carbocycles. The fourth-order valence-electron chi connectivity index (χ4n) is 1.89. The molecule has 1 fully saturated rings. The van der Waals surface area contributed by atoms with Gasteiger partial charge in [0.25, 0.3) is 10.0 Å². The predicted molar refractivity (Wildman–Crippen MR) is 71.2 cm³/mol. The molecule has 1 aromatic heterocycles. The molecule has 1 aliphatic heterocycles. The van der Waals surface area contributed by atoms with Crippen molar-refractivity contribution >= 4 is 27.3 Å². The zero-order valence-electron chi connectivity index (χ0n) is 10.6. The van der Waals surface area contributed by atoms with Gasteiger partial charge in [-0.15, -0.1) is 11.3 Å². The van der Waals surface area contributed by atoms with Crippen molar-refractivity contribution in [2.24, 2.45) is 0 Å². The lowest BCUT2D eigenvalue weighted by Crippen LogP contribution is -2.46.